The van der Waals surface area contributed by atoms with E-state index in [0.29, 0.717) is 37.2 Å². The van der Waals surface area contributed by atoms with Crippen molar-refractivity contribution in [2.24, 2.45) is 5.73 Å². The van der Waals surface area contributed by atoms with Crippen LogP contribution in [0, 0.1) is 5.82 Å². The van der Waals surface area contributed by atoms with E-state index in [1.165, 1.54) is 41.3 Å². The molecule has 1 aromatic heterocycles. The van der Waals surface area contributed by atoms with E-state index >= 15 is 0 Å². The van der Waals surface area contributed by atoms with Crippen LogP contribution in [0.5, 0.6) is 0 Å². The van der Waals surface area contributed by atoms with Crippen LogP contribution in [0.1, 0.15) is 34.7 Å². The molecule has 0 spiro atoms. The smallest absolute Gasteiger partial charge is 0.313 e. The Hall–Kier alpha value is -3.81. The highest BCUT2D eigenvalue weighted by molar-refractivity contribution is 6.39. The zero-order valence-electron chi connectivity index (χ0n) is 16.7. The zero-order chi connectivity index (χ0) is 22.0. The number of halogens is 1. The Morgan fingerprint density at radius 3 is 2.42 bits per heavy atom. The number of piperidine rings is 1. The molecule has 3 amide bonds. The van der Waals surface area contributed by atoms with Crippen LogP contribution in [0.3, 0.4) is 0 Å². The molecular weight excluding hydrogens is 399 g/mol. The summed E-state index contributed by atoms with van der Waals surface area (Å²) in [7, 11) is 0. The summed E-state index contributed by atoms with van der Waals surface area (Å²) in [5, 5.41) is 3.33. The molecular formula is C23H21FN4O3. The number of nitrogens with one attached hydrogen (secondary N) is 1. The minimum Gasteiger partial charge on any atom is -0.366 e. The van der Waals surface area contributed by atoms with Crippen molar-refractivity contribution in [1.29, 1.82) is 0 Å². The first-order chi connectivity index (χ1) is 14.9. The Bertz CT molecular complexity index is 1160. The number of primary amides is 1. The van der Waals surface area contributed by atoms with Crippen LogP contribution >= 0.6 is 0 Å². The number of anilines is 1. The molecule has 2 aromatic carbocycles. The normalized spacial score (nSPS) is 14.4. The zero-order valence-corrected chi connectivity index (χ0v) is 16.7. The molecule has 0 saturated carbocycles. The summed E-state index contributed by atoms with van der Waals surface area (Å²) in [5.41, 5.74) is 7.66. The molecule has 3 aromatic rings. The van der Waals surface area contributed by atoms with Gasteiger partial charge in [0, 0.05) is 35.9 Å². The molecule has 8 heteroatoms. The van der Waals surface area contributed by atoms with Gasteiger partial charge in [0.25, 0.3) is 0 Å². The van der Waals surface area contributed by atoms with Crippen molar-refractivity contribution in [3.8, 4) is 0 Å². The standard InChI is InChI=1S/C23H21FN4O3/c24-16-3-6-20-19(13-16)18(7-10-26-20)14-8-11-28(12-9-14)23(31)22(30)27-17-4-1-15(2-5-17)21(25)29/h1-7,10,13-14H,8-9,11-12H2,(H2,25,29)(H,27,30). The summed E-state index contributed by atoms with van der Waals surface area (Å²) in [5.74, 6) is -2.07. The number of nitrogens with two attached hydrogens (primary N) is 1. The highest BCUT2D eigenvalue weighted by atomic mass is 19.1. The molecule has 1 aliphatic heterocycles. The van der Waals surface area contributed by atoms with Crippen LogP contribution in [0.4, 0.5) is 10.1 Å². The summed E-state index contributed by atoms with van der Waals surface area (Å²) in [4.78, 5) is 41.8. The van der Waals surface area contributed by atoms with Crippen molar-refractivity contribution in [3.63, 3.8) is 0 Å². The molecule has 1 aliphatic rings. The molecule has 4 rings (SSSR count). The number of hydrogen-bond donors (Lipinski definition) is 2. The van der Waals surface area contributed by atoms with E-state index in [4.69, 9.17) is 5.73 Å². The lowest BCUT2D eigenvalue weighted by Crippen LogP contribution is -2.43. The quantitative estimate of drug-likeness (QED) is 0.636. The Balaban J connectivity index is 1.39. The number of aromatic nitrogens is 1. The molecule has 1 fully saturated rings. The van der Waals surface area contributed by atoms with E-state index in [9.17, 15) is 18.8 Å². The summed E-state index contributed by atoms with van der Waals surface area (Å²) >= 11 is 0. The number of pyridine rings is 1. The number of rotatable bonds is 3. The predicted octanol–water partition coefficient (Wildman–Crippen LogP) is 2.82. The SMILES string of the molecule is NC(=O)c1ccc(NC(=O)C(=O)N2CCC(c3ccnc4ccc(F)cc34)CC2)cc1. The predicted molar refractivity (Wildman–Crippen MR) is 114 cm³/mol. The fourth-order valence-electron chi connectivity index (χ4n) is 3.94. The number of likely N-dealkylation sites (tertiary alicyclic amines) is 1. The minimum absolute atomic E-state index is 0.153. The molecule has 3 N–H and O–H groups in total. The van der Waals surface area contributed by atoms with E-state index in [1.54, 1.807) is 12.3 Å². The van der Waals surface area contributed by atoms with Crippen molar-refractivity contribution in [1.82, 2.24) is 9.88 Å². The van der Waals surface area contributed by atoms with Crippen LogP contribution in [-0.4, -0.2) is 40.7 Å². The number of fused-ring (bicyclic) bond motifs is 1. The first kappa shape index (κ1) is 20.5. The van der Waals surface area contributed by atoms with Gasteiger partial charge in [0.2, 0.25) is 5.91 Å². The number of amides is 3. The summed E-state index contributed by atoms with van der Waals surface area (Å²) in [6.45, 7) is 0.854. The van der Waals surface area contributed by atoms with Gasteiger partial charge in [0.1, 0.15) is 5.82 Å². The lowest BCUT2D eigenvalue weighted by atomic mass is 9.87. The van der Waals surface area contributed by atoms with E-state index in [2.05, 4.69) is 10.3 Å². The second kappa shape index (κ2) is 8.51. The second-order valence-corrected chi connectivity index (χ2v) is 7.52. The van der Waals surface area contributed by atoms with Crippen LogP contribution in [0.25, 0.3) is 10.9 Å². The first-order valence-electron chi connectivity index (χ1n) is 9.96. The number of nitrogens with zero attached hydrogens (tertiary/aromatic N) is 2. The number of hydrogen-bond acceptors (Lipinski definition) is 4. The molecule has 0 atom stereocenters. The molecule has 31 heavy (non-hydrogen) atoms. The number of carbonyl (C=O) groups is 3. The summed E-state index contributed by atoms with van der Waals surface area (Å²) < 4.78 is 13.7. The lowest BCUT2D eigenvalue weighted by Gasteiger charge is -2.32. The Morgan fingerprint density at radius 2 is 1.74 bits per heavy atom. The summed E-state index contributed by atoms with van der Waals surface area (Å²) in [6, 6.07) is 12.4. The fraction of sp³-hybridized carbons (Fsp3) is 0.217. The third-order valence-electron chi connectivity index (χ3n) is 5.58. The monoisotopic (exact) mass is 420 g/mol. The minimum atomic E-state index is -0.735. The van der Waals surface area contributed by atoms with Crippen molar-refractivity contribution in [2.75, 3.05) is 18.4 Å². The van der Waals surface area contributed by atoms with Crippen LogP contribution in [0.15, 0.2) is 54.7 Å². The largest absolute Gasteiger partial charge is 0.366 e. The molecule has 0 unspecified atom stereocenters. The van der Waals surface area contributed by atoms with Gasteiger partial charge in [0.15, 0.2) is 0 Å². The summed E-state index contributed by atoms with van der Waals surface area (Å²) in [6.07, 6.45) is 3.05. The van der Waals surface area contributed by atoms with Crippen molar-refractivity contribution in [3.05, 3.63) is 71.7 Å². The van der Waals surface area contributed by atoms with E-state index in [1.807, 2.05) is 6.07 Å². The highest BCUT2D eigenvalue weighted by Crippen LogP contribution is 2.32. The highest BCUT2D eigenvalue weighted by Gasteiger charge is 2.28. The number of carbonyl (C=O) groups excluding carboxylic acids is 3. The molecule has 7 nitrogen and oxygen atoms in total. The van der Waals surface area contributed by atoms with Crippen LogP contribution in [-0.2, 0) is 9.59 Å². The Kier molecular flexibility index (Phi) is 5.62. The molecule has 0 aliphatic carbocycles. The van der Waals surface area contributed by atoms with Crippen molar-refractivity contribution >= 4 is 34.3 Å². The van der Waals surface area contributed by atoms with Crippen LogP contribution < -0.4 is 11.1 Å². The Morgan fingerprint density at radius 1 is 1.03 bits per heavy atom. The molecule has 2 heterocycles. The lowest BCUT2D eigenvalue weighted by molar-refractivity contribution is -0.143. The van der Waals surface area contributed by atoms with E-state index < -0.39 is 17.7 Å². The van der Waals surface area contributed by atoms with Gasteiger partial charge in [-0.2, -0.15) is 0 Å². The van der Waals surface area contributed by atoms with Gasteiger partial charge in [-0.1, -0.05) is 0 Å². The molecule has 158 valence electrons. The van der Waals surface area contributed by atoms with Gasteiger partial charge in [0.05, 0.1) is 5.52 Å². The van der Waals surface area contributed by atoms with Crippen molar-refractivity contribution in [2.45, 2.75) is 18.8 Å². The third kappa shape index (κ3) is 4.37. The molecule has 0 radical (unpaired) electrons. The average Bonchev–Trinajstić information content (AvgIpc) is 2.78. The first-order valence-corrected chi connectivity index (χ1v) is 9.96. The molecule has 0 bridgehead atoms. The van der Waals surface area contributed by atoms with Crippen molar-refractivity contribution < 1.29 is 18.8 Å². The van der Waals surface area contributed by atoms with E-state index in [0.717, 1.165) is 16.5 Å². The average molecular weight is 420 g/mol. The van der Waals surface area contributed by atoms with Gasteiger partial charge < -0.3 is 16.0 Å². The third-order valence-corrected chi connectivity index (χ3v) is 5.58. The number of benzene rings is 2. The van der Waals surface area contributed by atoms with Gasteiger partial charge in [-0.05, 0) is 72.9 Å². The molecule has 1 saturated heterocycles. The van der Waals surface area contributed by atoms with Gasteiger partial charge in [-0.15, -0.1) is 0 Å². The van der Waals surface area contributed by atoms with Gasteiger partial charge in [-0.25, -0.2) is 4.39 Å². The Labute approximate surface area is 178 Å². The van der Waals surface area contributed by atoms with E-state index in [-0.39, 0.29) is 11.7 Å². The van der Waals surface area contributed by atoms with Gasteiger partial charge >= 0.3 is 11.8 Å². The maximum Gasteiger partial charge on any atom is 0.313 e. The maximum absolute atomic E-state index is 13.7. The topological polar surface area (TPSA) is 105 Å². The fourth-order valence-corrected chi connectivity index (χ4v) is 3.94. The second-order valence-electron chi connectivity index (χ2n) is 7.52. The van der Waals surface area contributed by atoms with Gasteiger partial charge in [-0.3, -0.25) is 19.4 Å². The van der Waals surface area contributed by atoms with Crippen LogP contribution in [0.2, 0.25) is 0 Å². The maximum atomic E-state index is 13.7.